The van der Waals surface area contributed by atoms with Crippen molar-refractivity contribution in [3.63, 3.8) is 0 Å². The Hall–Kier alpha value is -2.80. The monoisotopic (exact) mass is 428 g/mol. The van der Waals surface area contributed by atoms with Gasteiger partial charge in [-0.1, -0.05) is 12.2 Å². The standard InChI is InChI=1S/C23H28N2O4S/c1-3-28-21-15-17(23(30)25-13-5-4-6-14-25)7-12-20(21)29-16-22(26)24-18-8-10-19(27-2)11-9-18/h7-12,15H,3-6,13-14,16H2,1-2H3,(H,24,26). The normalized spacial score (nSPS) is 13.5. The summed E-state index contributed by atoms with van der Waals surface area (Å²) in [6.45, 7) is 4.27. The SMILES string of the molecule is CCOc1cc(C(=S)N2CCCCC2)ccc1OCC(=O)Nc1ccc(OC)cc1. The molecule has 160 valence electrons. The van der Waals surface area contributed by atoms with Gasteiger partial charge in [0, 0.05) is 24.3 Å². The molecule has 0 atom stereocenters. The number of ether oxygens (including phenoxy) is 3. The molecule has 1 N–H and O–H groups in total. The number of methoxy groups -OCH3 is 1. The third-order valence-corrected chi connectivity index (χ3v) is 5.36. The van der Waals surface area contributed by atoms with E-state index in [0.29, 0.717) is 23.8 Å². The Morgan fingerprint density at radius 2 is 1.77 bits per heavy atom. The molecule has 1 aliphatic heterocycles. The van der Waals surface area contributed by atoms with Crippen LogP contribution >= 0.6 is 12.2 Å². The summed E-state index contributed by atoms with van der Waals surface area (Å²) >= 11 is 5.68. The number of hydrogen-bond acceptors (Lipinski definition) is 5. The third kappa shape index (κ3) is 5.86. The number of likely N-dealkylation sites (tertiary alicyclic amines) is 1. The van der Waals surface area contributed by atoms with Gasteiger partial charge >= 0.3 is 0 Å². The largest absolute Gasteiger partial charge is 0.497 e. The van der Waals surface area contributed by atoms with E-state index in [1.807, 2.05) is 25.1 Å². The lowest BCUT2D eigenvalue weighted by Crippen LogP contribution is -2.34. The van der Waals surface area contributed by atoms with Crippen LogP contribution < -0.4 is 19.5 Å². The second-order valence-electron chi connectivity index (χ2n) is 7.01. The molecule has 1 aliphatic rings. The van der Waals surface area contributed by atoms with Gasteiger partial charge in [0.15, 0.2) is 18.1 Å². The molecule has 2 aromatic rings. The van der Waals surface area contributed by atoms with Gasteiger partial charge in [-0.25, -0.2) is 0 Å². The van der Waals surface area contributed by atoms with Crippen LogP contribution in [0.4, 0.5) is 5.69 Å². The van der Waals surface area contributed by atoms with E-state index in [4.69, 9.17) is 26.4 Å². The highest BCUT2D eigenvalue weighted by Gasteiger charge is 2.17. The van der Waals surface area contributed by atoms with E-state index in [9.17, 15) is 4.79 Å². The van der Waals surface area contributed by atoms with Crippen LogP contribution in [-0.4, -0.2) is 49.2 Å². The highest BCUT2D eigenvalue weighted by atomic mass is 32.1. The van der Waals surface area contributed by atoms with E-state index < -0.39 is 0 Å². The van der Waals surface area contributed by atoms with E-state index in [1.54, 1.807) is 31.4 Å². The predicted octanol–water partition coefficient (Wildman–Crippen LogP) is 4.27. The van der Waals surface area contributed by atoms with E-state index in [0.717, 1.165) is 29.4 Å². The van der Waals surface area contributed by atoms with Crippen LogP contribution in [-0.2, 0) is 4.79 Å². The Kier molecular flexibility index (Phi) is 7.90. The van der Waals surface area contributed by atoms with Crippen molar-refractivity contribution in [2.75, 3.05) is 38.7 Å². The lowest BCUT2D eigenvalue weighted by atomic mass is 10.1. The molecular formula is C23H28N2O4S. The minimum absolute atomic E-state index is 0.123. The maximum absolute atomic E-state index is 12.3. The summed E-state index contributed by atoms with van der Waals surface area (Å²) in [5.74, 6) is 1.59. The van der Waals surface area contributed by atoms with Gasteiger partial charge in [-0.15, -0.1) is 0 Å². The van der Waals surface area contributed by atoms with Gasteiger partial charge in [-0.3, -0.25) is 4.79 Å². The van der Waals surface area contributed by atoms with Crippen LogP contribution in [0.1, 0.15) is 31.7 Å². The number of benzene rings is 2. The smallest absolute Gasteiger partial charge is 0.262 e. The van der Waals surface area contributed by atoms with Gasteiger partial charge in [0.05, 0.1) is 13.7 Å². The molecule has 0 aromatic heterocycles. The van der Waals surface area contributed by atoms with Gasteiger partial charge < -0.3 is 24.4 Å². The van der Waals surface area contributed by atoms with Crippen molar-refractivity contribution >= 4 is 28.8 Å². The molecule has 0 aliphatic carbocycles. The predicted molar refractivity (Wildman–Crippen MR) is 122 cm³/mol. The molecular weight excluding hydrogens is 400 g/mol. The summed E-state index contributed by atoms with van der Waals surface area (Å²) in [5, 5.41) is 2.80. The minimum atomic E-state index is -0.254. The molecule has 1 saturated heterocycles. The number of piperidine rings is 1. The molecule has 0 radical (unpaired) electrons. The number of anilines is 1. The lowest BCUT2D eigenvalue weighted by molar-refractivity contribution is -0.118. The number of thiocarbonyl (C=S) groups is 1. The number of hydrogen-bond donors (Lipinski definition) is 1. The number of nitrogens with zero attached hydrogens (tertiary/aromatic N) is 1. The fourth-order valence-corrected chi connectivity index (χ4v) is 3.63. The third-order valence-electron chi connectivity index (χ3n) is 4.87. The van der Waals surface area contributed by atoms with Crippen molar-refractivity contribution in [1.82, 2.24) is 4.90 Å². The van der Waals surface area contributed by atoms with Crippen molar-refractivity contribution in [3.05, 3.63) is 48.0 Å². The first-order chi connectivity index (χ1) is 14.6. The van der Waals surface area contributed by atoms with Crippen molar-refractivity contribution in [1.29, 1.82) is 0 Å². The van der Waals surface area contributed by atoms with E-state index in [-0.39, 0.29) is 12.5 Å². The molecule has 0 spiro atoms. The maximum atomic E-state index is 12.3. The number of rotatable bonds is 8. The summed E-state index contributed by atoms with van der Waals surface area (Å²) in [6, 6.07) is 12.8. The van der Waals surface area contributed by atoms with Gasteiger partial charge in [-0.2, -0.15) is 0 Å². The molecule has 1 amide bonds. The van der Waals surface area contributed by atoms with Gasteiger partial charge in [0.1, 0.15) is 10.7 Å². The molecule has 30 heavy (non-hydrogen) atoms. The Labute approximate surface area is 183 Å². The second-order valence-corrected chi connectivity index (χ2v) is 7.40. The zero-order valence-electron chi connectivity index (χ0n) is 17.5. The van der Waals surface area contributed by atoms with Crippen molar-refractivity contribution < 1.29 is 19.0 Å². The zero-order valence-corrected chi connectivity index (χ0v) is 18.3. The van der Waals surface area contributed by atoms with Gasteiger partial charge in [0.25, 0.3) is 5.91 Å². The van der Waals surface area contributed by atoms with E-state index in [2.05, 4.69) is 10.2 Å². The van der Waals surface area contributed by atoms with Crippen LogP contribution in [0, 0.1) is 0 Å². The molecule has 1 fully saturated rings. The van der Waals surface area contributed by atoms with Gasteiger partial charge in [0.2, 0.25) is 0 Å². The number of amides is 1. The van der Waals surface area contributed by atoms with Crippen LogP contribution in [0.3, 0.4) is 0 Å². The van der Waals surface area contributed by atoms with Gasteiger partial charge in [-0.05, 0) is 68.7 Å². The molecule has 3 rings (SSSR count). The number of nitrogens with one attached hydrogen (secondary N) is 1. The van der Waals surface area contributed by atoms with Crippen molar-refractivity contribution in [2.45, 2.75) is 26.2 Å². The highest BCUT2D eigenvalue weighted by molar-refractivity contribution is 7.80. The lowest BCUT2D eigenvalue weighted by Gasteiger charge is -2.29. The highest BCUT2D eigenvalue weighted by Crippen LogP contribution is 2.30. The summed E-state index contributed by atoms with van der Waals surface area (Å²) in [4.78, 5) is 15.3. The zero-order chi connectivity index (χ0) is 21.3. The summed E-state index contributed by atoms with van der Waals surface area (Å²) in [6.07, 6.45) is 3.60. The first kappa shape index (κ1) is 21.9. The first-order valence-corrected chi connectivity index (χ1v) is 10.6. The van der Waals surface area contributed by atoms with E-state index >= 15 is 0 Å². The summed E-state index contributed by atoms with van der Waals surface area (Å²) in [7, 11) is 1.60. The average molecular weight is 429 g/mol. The average Bonchev–Trinajstić information content (AvgIpc) is 2.79. The van der Waals surface area contributed by atoms with Crippen LogP contribution in [0.5, 0.6) is 17.2 Å². The fourth-order valence-electron chi connectivity index (χ4n) is 3.32. The van der Waals surface area contributed by atoms with Crippen molar-refractivity contribution in [3.8, 4) is 17.2 Å². The quantitative estimate of drug-likeness (QED) is 0.634. The topological polar surface area (TPSA) is 60.0 Å². The molecule has 1 heterocycles. The Morgan fingerprint density at radius 3 is 2.43 bits per heavy atom. The number of carbonyl (C=O) groups excluding carboxylic acids is 1. The Bertz CT molecular complexity index is 864. The first-order valence-electron chi connectivity index (χ1n) is 10.2. The Balaban J connectivity index is 1.62. The minimum Gasteiger partial charge on any atom is -0.497 e. The molecule has 7 heteroatoms. The maximum Gasteiger partial charge on any atom is 0.262 e. The molecule has 0 saturated carbocycles. The van der Waals surface area contributed by atoms with Crippen LogP contribution in [0.25, 0.3) is 0 Å². The van der Waals surface area contributed by atoms with E-state index in [1.165, 1.54) is 19.3 Å². The summed E-state index contributed by atoms with van der Waals surface area (Å²) in [5.41, 5.74) is 1.61. The van der Waals surface area contributed by atoms with Crippen molar-refractivity contribution in [2.24, 2.45) is 0 Å². The van der Waals surface area contributed by atoms with Crippen LogP contribution in [0.2, 0.25) is 0 Å². The fraction of sp³-hybridized carbons (Fsp3) is 0.391. The molecule has 0 unspecified atom stereocenters. The molecule has 0 bridgehead atoms. The second kappa shape index (κ2) is 10.8. The number of carbonyl (C=O) groups is 1. The molecule has 2 aromatic carbocycles. The molecule has 6 nitrogen and oxygen atoms in total. The summed E-state index contributed by atoms with van der Waals surface area (Å²) < 4.78 is 16.6. The van der Waals surface area contributed by atoms with Crippen LogP contribution in [0.15, 0.2) is 42.5 Å². The Morgan fingerprint density at radius 1 is 1.03 bits per heavy atom.